The zero-order valence-electron chi connectivity index (χ0n) is 9.72. The standard InChI is InChI=1S/C12H12ClN3O2/c1-2-16-6-5-14-12(16)15-8-3-4-10(13)9(7-8)11(17)18/h3-7H,2H2,1H3,(H,14,15)(H,17,18). The summed E-state index contributed by atoms with van der Waals surface area (Å²) in [6.07, 6.45) is 3.52. The molecule has 0 unspecified atom stereocenters. The number of aryl methyl sites for hydroxylation is 1. The van der Waals surface area contributed by atoms with Crippen molar-refractivity contribution in [3.63, 3.8) is 0 Å². The molecule has 2 aromatic rings. The van der Waals surface area contributed by atoms with E-state index in [-0.39, 0.29) is 10.6 Å². The van der Waals surface area contributed by atoms with Crippen LogP contribution in [0.15, 0.2) is 30.6 Å². The normalized spacial score (nSPS) is 10.3. The molecular weight excluding hydrogens is 254 g/mol. The predicted molar refractivity (Wildman–Crippen MR) is 69.6 cm³/mol. The van der Waals surface area contributed by atoms with Gasteiger partial charge < -0.3 is 15.0 Å². The Bertz CT molecular complexity index is 580. The fourth-order valence-electron chi connectivity index (χ4n) is 1.58. The molecular formula is C12H12ClN3O2. The van der Waals surface area contributed by atoms with E-state index in [4.69, 9.17) is 16.7 Å². The molecule has 0 radical (unpaired) electrons. The van der Waals surface area contributed by atoms with Crippen molar-refractivity contribution in [1.82, 2.24) is 9.55 Å². The molecule has 0 bridgehead atoms. The first-order valence-corrected chi connectivity index (χ1v) is 5.80. The Labute approximate surface area is 109 Å². The third-order valence-electron chi connectivity index (χ3n) is 2.51. The highest BCUT2D eigenvalue weighted by atomic mass is 35.5. The molecule has 1 aromatic heterocycles. The van der Waals surface area contributed by atoms with Crippen molar-refractivity contribution >= 4 is 29.2 Å². The van der Waals surface area contributed by atoms with Crippen molar-refractivity contribution in [3.8, 4) is 0 Å². The van der Waals surface area contributed by atoms with Crippen molar-refractivity contribution in [2.75, 3.05) is 5.32 Å². The molecule has 1 aromatic carbocycles. The van der Waals surface area contributed by atoms with Crippen LogP contribution in [0.25, 0.3) is 0 Å². The summed E-state index contributed by atoms with van der Waals surface area (Å²) in [6.45, 7) is 2.78. The lowest BCUT2D eigenvalue weighted by Crippen LogP contribution is -2.03. The maximum atomic E-state index is 11.0. The van der Waals surface area contributed by atoms with E-state index >= 15 is 0 Å². The van der Waals surface area contributed by atoms with Gasteiger partial charge >= 0.3 is 5.97 Å². The molecule has 6 heteroatoms. The number of anilines is 2. The van der Waals surface area contributed by atoms with Gasteiger partial charge in [0.2, 0.25) is 5.95 Å². The number of carboxylic acid groups (broad SMARTS) is 1. The van der Waals surface area contributed by atoms with Gasteiger partial charge in [-0.1, -0.05) is 11.6 Å². The van der Waals surface area contributed by atoms with Gasteiger partial charge in [-0.3, -0.25) is 0 Å². The average Bonchev–Trinajstić information content (AvgIpc) is 2.78. The van der Waals surface area contributed by atoms with Crippen LogP contribution in [0.5, 0.6) is 0 Å². The van der Waals surface area contributed by atoms with Crippen LogP contribution < -0.4 is 5.32 Å². The molecule has 5 nitrogen and oxygen atoms in total. The van der Waals surface area contributed by atoms with Crippen LogP contribution in [-0.2, 0) is 6.54 Å². The summed E-state index contributed by atoms with van der Waals surface area (Å²) >= 11 is 5.80. The van der Waals surface area contributed by atoms with Crippen molar-refractivity contribution in [3.05, 3.63) is 41.2 Å². The molecule has 0 saturated carbocycles. The van der Waals surface area contributed by atoms with Gasteiger partial charge in [0.15, 0.2) is 0 Å². The topological polar surface area (TPSA) is 67.2 Å². The molecule has 0 aliphatic carbocycles. The maximum absolute atomic E-state index is 11.0. The second kappa shape index (κ2) is 5.10. The molecule has 18 heavy (non-hydrogen) atoms. The minimum absolute atomic E-state index is 0.0660. The van der Waals surface area contributed by atoms with Crippen LogP contribution in [0.2, 0.25) is 5.02 Å². The van der Waals surface area contributed by atoms with Gasteiger partial charge in [-0.25, -0.2) is 9.78 Å². The summed E-state index contributed by atoms with van der Waals surface area (Å²) in [5, 5.41) is 12.3. The second-order valence-electron chi connectivity index (χ2n) is 3.66. The smallest absolute Gasteiger partial charge is 0.337 e. The predicted octanol–water partition coefficient (Wildman–Crippen LogP) is 3.00. The van der Waals surface area contributed by atoms with Gasteiger partial charge in [0.1, 0.15) is 0 Å². The molecule has 1 heterocycles. The molecule has 0 aliphatic heterocycles. The van der Waals surface area contributed by atoms with Crippen molar-refractivity contribution in [2.45, 2.75) is 13.5 Å². The van der Waals surface area contributed by atoms with E-state index < -0.39 is 5.97 Å². The quantitative estimate of drug-likeness (QED) is 0.892. The van der Waals surface area contributed by atoms with Crippen LogP contribution >= 0.6 is 11.6 Å². The van der Waals surface area contributed by atoms with E-state index in [2.05, 4.69) is 10.3 Å². The van der Waals surface area contributed by atoms with Gasteiger partial charge in [0.25, 0.3) is 0 Å². The zero-order valence-corrected chi connectivity index (χ0v) is 10.5. The monoisotopic (exact) mass is 265 g/mol. The third kappa shape index (κ3) is 2.46. The number of nitrogens with zero attached hydrogens (tertiary/aromatic N) is 2. The van der Waals surface area contributed by atoms with E-state index in [9.17, 15) is 4.79 Å². The van der Waals surface area contributed by atoms with E-state index in [0.29, 0.717) is 11.6 Å². The van der Waals surface area contributed by atoms with Gasteiger partial charge in [0.05, 0.1) is 10.6 Å². The number of benzene rings is 1. The molecule has 2 N–H and O–H groups in total. The molecule has 2 rings (SSSR count). The molecule has 0 amide bonds. The number of carboxylic acids is 1. The van der Waals surface area contributed by atoms with Crippen LogP contribution in [0.1, 0.15) is 17.3 Å². The molecule has 0 spiro atoms. The summed E-state index contributed by atoms with van der Waals surface area (Å²) in [7, 11) is 0. The molecule has 0 fully saturated rings. The lowest BCUT2D eigenvalue weighted by Gasteiger charge is -2.09. The number of rotatable bonds is 4. The highest BCUT2D eigenvalue weighted by Crippen LogP contribution is 2.22. The number of hydrogen-bond acceptors (Lipinski definition) is 3. The molecule has 0 aliphatic rings. The first kappa shape index (κ1) is 12.4. The summed E-state index contributed by atoms with van der Waals surface area (Å²) in [4.78, 5) is 15.1. The van der Waals surface area contributed by atoms with Gasteiger partial charge in [-0.05, 0) is 25.1 Å². The van der Waals surface area contributed by atoms with Crippen molar-refractivity contribution in [2.24, 2.45) is 0 Å². The average molecular weight is 266 g/mol. The highest BCUT2D eigenvalue weighted by molar-refractivity contribution is 6.33. The summed E-state index contributed by atoms with van der Waals surface area (Å²) < 4.78 is 1.91. The summed E-state index contributed by atoms with van der Waals surface area (Å²) in [5.74, 6) is -0.390. The first-order chi connectivity index (χ1) is 8.61. The zero-order chi connectivity index (χ0) is 13.1. The number of aromatic carboxylic acids is 1. The first-order valence-electron chi connectivity index (χ1n) is 5.43. The Morgan fingerprint density at radius 2 is 2.33 bits per heavy atom. The Hall–Kier alpha value is -2.01. The van der Waals surface area contributed by atoms with Crippen LogP contribution in [0, 0.1) is 0 Å². The van der Waals surface area contributed by atoms with Crippen LogP contribution in [0.3, 0.4) is 0 Å². The van der Waals surface area contributed by atoms with Crippen LogP contribution in [0.4, 0.5) is 11.6 Å². The maximum Gasteiger partial charge on any atom is 0.337 e. The SMILES string of the molecule is CCn1ccnc1Nc1ccc(Cl)c(C(=O)O)c1. The number of imidazole rings is 1. The van der Waals surface area contributed by atoms with Gasteiger partial charge in [-0.2, -0.15) is 0 Å². The second-order valence-corrected chi connectivity index (χ2v) is 4.07. The lowest BCUT2D eigenvalue weighted by molar-refractivity contribution is 0.0697. The minimum Gasteiger partial charge on any atom is -0.478 e. The number of hydrogen-bond donors (Lipinski definition) is 2. The number of aromatic nitrogens is 2. The van der Waals surface area contributed by atoms with Crippen molar-refractivity contribution in [1.29, 1.82) is 0 Å². The van der Waals surface area contributed by atoms with Crippen molar-refractivity contribution < 1.29 is 9.90 Å². The summed E-state index contributed by atoms with van der Waals surface area (Å²) in [5.41, 5.74) is 0.703. The minimum atomic E-state index is -1.05. The molecule has 0 saturated heterocycles. The molecule has 0 atom stereocenters. The van der Waals surface area contributed by atoms with Gasteiger partial charge in [0, 0.05) is 24.6 Å². The lowest BCUT2D eigenvalue weighted by atomic mass is 10.2. The number of halogens is 1. The highest BCUT2D eigenvalue weighted by Gasteiger charge is 2.10. The molecule has 94 valence electrons. The van der Waals surface area contributed by atoms with E-state index in [0.717, 1.165) is 6.54 Å². The van der Waals surface area contributed by atoms with Gasteiger partial charge in [-0.15, -0.1) is 0 Å². The van der Waals surface area contributed by atoms with Crippen LogP contribution in [-0.4, -0.2) is 20.6 Å². The van der Waals surface area contributed by atoms with E-state index in [1.807, 2.05) is 17.7 Å². The summed E-state index contributed by atoms with van der Waals surface area (Å²) in [6, 6.07) is 4.75. The number of carbonyl (C=O) groups is 1. The number of nitrogens with one attached hydrogen (secondary N) is 1. The van der Waals surface area contributed by atoms with E-state index in [1.165, 1.54) is 6.07 Å². The Balaban J connectivity index is 2.30. The Morgan fingerprint density at radius 1 is 1.56 bits per heavy atom. The fourth-order valence-corrected chi connectivity index (χ4v) is 1.78. The van der Waals surface area contributed by atoms with E-state index in [1.54, 1.807) is 18.3 Å². The third-order valence-corrected chi connectivity index (χ3v) is 2.84. The Kier molecular flexibility index (Phi) is 3.53. The Morgan fingerprint density at radius 3 is 3.00 bits per heavy atom. The fraction of sp³-hybridized carbons (Fsp3) is 0.167. The largest absolute Gasteiger partial charge is 0.478 e.